The molecule has 0 unspecified atom stereocenters. The number of hydrogen-bond donors (Lipinski definition) is 0. The molecule has 7 heteroatoms. The standard InChI is InChI=1S/C25H26N4O3/c1-25(23-27-14-28-32-23)8-7-17(10-25)20-12-26-11-19(22(20)15-3-4-15)16-5-6-21-18(9-16)13-31-24(30)29(21)2/h5-6,9,11-12,14-15,17H,3-4,7-8,10,13H2,1-2H3/t17-,25-/m0/s1/i2D3. The molecule has 3 aromatic rings. The fourth-order valence-corrected chi connectivity index (χ4v) is 5.40. The minimum atomic E-state index is -2.61. The number of amides is 1. The maximum absolute atomic E-state index is 12.2. The zero-order chi connectivity index (χ0) is 24.4. The fraction of sp³-hybridized carbons (Fsp3) is 0.440. The molecule has 32 heavy (non-hydrogen) atoms. The Balaban J connectivity index is 1.38. The summed E-state index contributed by atoms with van der Waals surface area (Å²) in [4.78, 5) is 21.9. The Morgan fingerprint density at radius 3 is 2.91 bits per heavy atom. The maximum Gasteiger partial charge on any atom is 0.414 e. The molecule has 2 aliphatic carbocycles. The molecule has 1 aliphatic heterocycles. The molecule has 3 aliphatic rings. The predicted octanol–water partition coefficient (Wildman–Crippen LogP) is 5.32. The van der Waals surface area contributed by atoms with Gasteiger partial charge in [0.25, 0.3) is 0 Å². The third-order valence-corrected chi connectivity index (χ3v) is 7.23. The minimum Gasteiger partial charge on any atom is -0.444 e. The van der Waals surface area contributed by atoms with E-state index in [0.717, 1.165) is 48.1 Å². The zero-order valence-electron chi connectivity index (χ0n) is 20.9. The Morgan fingerprint density at radius 2 is 2.12 bits per heavy atom. The molecule has 2 atom stereocenters. The predicted molar refractivity (Wildman–Crippen MR) is 118 cm³/mol. The van der Waals surface area contributed by atoms with E-state index in [1.807, 2.05) is 24.5 Å². The first kappa shape index (κ1) is 16.4. The fourth-order valence-electron chi connectivity index (χ4n) is 5.40. The number of aromatic nitrogens is 3. The number of benzene rings is 1. The number of carbonyl (C=O) groups is 1. The average molecular weight is 434 g/mol. The Bertz CT molecular complexity index is 1290. The van der Waals surface area contributed by atoms with Crippen LogP contribution in [0.3, 0.4) is 0 Å². The molecule has 2 aromatic heterocycles. The molecule has 0 N–H and O–H groups in total. The van der Waals surface area contributed by atoms with Gasteiger partial charge in [-0.1, -0.05) is 18.1 Å². The molecule has 164 valence electrons. The van der Waals surface area contributed by atoms with Gasteiger partial charge < -0.3 is 9.26 Å². The first-order chi connectivity index (χ1) is 16.7. The van der Waals surface area contributed by atoms with Crippen molar-refractivity contribution in [2.24, 2.45) is 0 Å². The van der Waals surface area contributed by atoms with Gasteiger partial charge in [0.2, 0.25) is 5.89 Å². The van der Waals surface area contributed by atoms with Crippen LogP contribution in [0.4, 0.5) is 10.5 Å². The van der Waals surface area contributed by atoms with Gasteiger partial charge in [-0.05, 0) is 72.8 Å². The highest BCUT2D eigenvalue weighted by Crippen LogP contribution is 2.53. The molecule has 2 saturated carbocycles. The second-order valence-electron chi connectivity index (χ2n) is 9.44. The summed E-state index contributed by atoms with van der Waals surface area (Å²) in [6.07, 6.45) is 9.75. The summed E-state index contributed by atoms with van der Waals surface area (Å²) >= 11 is 0. The number of ether oxygens (including phenoxy) is 1. The monoisotopic (exact) mass is 433 g/mol. The highest BCUT2D eigenvalue weighted by atomic mass is 16.6. The number of rotatable bonds is 4. The van der Waals surface area contributed by atoms with E-state index in [0.29, 0.717) is 29.0 Å². The summed E-state index contributed by atoms with van der Waals surface area (Å²) in [6.45, 7) is -0.371. The molecule has 2 fully saturated rings. The van der Waals surface area contributed by atoms with E-state index in [9.17, 15) is 4.79 Å². The number of anilines is 1. The van der Waals surface area contributed by atoms with Crippen LogP contribution < -0.4 is 4.90 Å². The van der Waals surface area contributed by atoms with Crippen molar-refractivity contribution in [2.45, 2.75) is 62.9 Å². The molecule has 0 saturated heterocycles. The van der Waals surface area contributed by atoms with Crippen LogP contribution in [0.25, 0.3) is 11.1 Å². The van der Waals surface area contributed by atoms with Crippen LogP contribution >= 0.6 is 0 Å². The number of carbonyl (C=O) groups excluding carboxylic acids is 1. The van der Waals surface area contributed by atoms with Crippen molar-refractivity contribution < 1.29 is 18.2 Å². The summed E-state index contributed by atoms with van der Waals surface area (Å²) in [5, 5.41) is 3.81. The van der Waals surface area contributed by atoms with E-state index in [1.165, 1.54) is 17.5 Å². The van der Waals surface area contributed by atoms with Crippen LogP contribution in [0.15, 0.2) is 41.4 Å². The second-order valence-corrected chi connectivity index (χ2v) is 9.44. The average Bonchev–Trinajstić information content (AvgIpc) is 3.34. The molecular formula is C25H26N4O3. The van der Waals surface area contributed by atoms with Crippen LogP contribution in [-0.4, -0.2) is 28.2 Å². The Labute approximate surface area is 191 Å². The van der Waals surface area contributed by atoms with Crippen LogP contribution in [0.1, 0.15) is 77.6 Å². The van der Waals surface area contributed by atoms with E-state index in [4.69, 9.17) is 13.4 Å². The lowest BCUT2D eigenvalue weighted by atomic mass is 9.83. The van der Waals surface area contributed by atoms with Crippen molar-refractivity contribution >= 4 is 11.8 Å². The van der Waals surface area contributed by atoms with Crippen LogP contribution in [0.2, 0.25) is 0 Å². The molecule has 0 radical (unpaired) electrons. The van der Waals surface area contributed by atoms with Crippen molar-refractivity contribution in [3.8, 4) is 11.1 Å². The molecule has 1 amide bonds. The smallest absolute Gasteiger partial charge is 0.414 e. The van der Waals surface area contributed by atoms with Gasteiger partial charge in [0.05, 0.1) is 5.69 Å². The van der Waals surface area contributed by atoms with E-state index in [1.54, 1.807) is 6.07 Å². The zero-order valence-corrected chi connectivity index (χ0v) is 17.9. The SMILES string of the molecule is [2H]C([2H])([2H])N1C(=O)OCc2cc(-c3cncc([C@H]4CC[C@](C)(c5ncno5)C4)c3C3CC3)ccc21. The van der Waals surface area contributed by atoms with E-state index in [-0.39, 0.29) is 12.0 Å². The first-order valence-corrected chi connectivity index (χ1v) is 11.1. The van der Waals surface area contributed by atoms with Crippen molar-refractivity contribution in [3.05, 3.63) is 59.5 Å². The minimum absolute atomic E-state index is 0.0473. The summed E-state index contributed by atoms with van der Waals surface area (Å²) in [5.74, 6) is 1.53. The van der Waals surface area contributed by atoms with Crippen molar-refractivity contribution in [1.29, 1.82) is 0 Å². The summed E-state index contributed by atoms with van der Waals surface area (Å²) in [6, 6.07) is 5.54. The lowest BCUT2D eigenvalue weighted by molar-refractivity contribution is 0.143. The molecule has 6 rings (SSSR count). The molecule has 0 spiro atoms. The number of fused-ring (bicyclic) bond motifs is 1. The number of hydrogen-bond acceptors (Lipinski definition) is 6. The molecule has 7 nitrogen and oxygen atoms in total. The van der Waals surface area contributed by atoms with E-state index >= 15 is 0 Å². The van der Waals surface area contributed by atoms with Gasteiger partial charge in [-0.2, -0.15) is 4.98 Å². The van der Waals surface area contributed by atoms with Gasteiger partial charge in [-0.25, -0.2) is 4.79 Å². The molecular weight excluding hydrogens is 404 g/mol. The summed E-state index contributed by atoms with van der Waals surface area (Å²) in [7, 11) is 0. The number of cyclic esters (lactones) is 1. The number of nitrogens with zero attached hydrogens (tertiary/aromatic N) is 4. The molecule has 1 aromatic carbocycles. The number of pyridine rings is 1. The Hall–Kier alpha value is -3.22. The maximum atomic E-state index is 12.2. The topological polar surface area (TPSA) is 81.4 Å². The van der Waals surface area contributed by atoms with Crippen molar-refractivity contribution in [3.63, 3.8) is 0 Å². The van der Waals surface area contributed by atoms with Crippen LogP contribution in [0, 0.1) is 0 Å². The third kappa shape index (κ3) is 3.10. The van der Waals surface area contributed by atoms with Gasteiger partial charge >= 0.3 is 6.09 Å². The molecule has 0 bridgehead atoms. The molecule has 3 heterocycles. The normalized spacial score (nSPS) is 26.8. The quantitative estimate of drug-likeness (QED) is 0.554. The first-order valence-electron chi connectivity index (χ1n) is 12.6. The van der Waals surface area contributed by atoms with Crippen LogP contribution in [-0.2, 0) is 16.8 Å². The van der Waals surface area contributed by atoms with Gasteiger partial charge in [0.1, 0.15) is 6.61 Å². The van der Waals surface area contributed by atoms with Gasteiger partial charge in [-0.3, -0.25) is 9.88 Å². The van der Waals surface area contributed by atoms with E-state index < -0.39 is 13.1 Å². The Kier molecular flexibility index (Phi) is 3.67. The highest BCUT2D eigenvalue weighted by molar-refractivity contribution is 5.90. The largest absolute Gasteiger partial charge is 0.444 e. The van der Waals surface area contributed by atoms with Crippen molar-refractivity contribution in [2.75, 3.05) is 11.9 Å². The summed E-state index contributed by atoms with van der Waals surface area (Å²) in [5.41, 5.74) is 5.54. The van der Waals surface area contributed by atoms with Gasteiger partial charge in [0, 0.05) is 40.0 Å². The summed E-state index contributed by atoms with van der Waals surface area (Å²) < 4.78 is 33.8. The van der Waals surface area contributed by atoms with Gasteiger partial charge in [0.15, 0.2) is 6.33 Å². The lowest BCUT2D eigenvalue weighted by Gasteiger charge is -2.26. The second kappa shape index (κ2) is 7.15. The lowest BCUT2D eigenvalue weighted by Crippen LogP contribution is -2.31. The van der Waals surface area contributed by atoms with Crippen molar-refractivity contribution in [1.82, 2.24) is 15.1 Å². The highest BCUT2D eigenvalue weighted by Gasteiger charge is 2.43. The Morgan fingerprint density at radius 1 is 1.22 bits per heavy atom. The van der Waals surface area contributed by atoms with E-state index in [2.05, 4.69) is 22.0 Å². The van der Waals surface area contributed by atoms with Gasteiger partial charge in [-0.15, -0.1) is 0 Å². The third-order valence-electron chi connectivity index (χ3n) is 7.23. The van der Waals surface area contributed by atoms with Crippen LogP contribution in [0.5, 0.6) is 0 Å².